The average Bonchev–Trinajstić information content (AvgIpc) is 2.78. The first-order chi connectivity index (χ1) is 15.9. The van der Waals surface area contributed by atoms with Gasteiger partial charge in [-0.2, -0.15) is 0 Å². The normalized spacial score (nSPS) is 13.7. The molecule has 33 heavy (non-hydrogen) atoms. The maximum absolute atomic E-state index is 12.1. The number of carbonyl (C=O) groups excluding carboxylic acids is 1. The van der Waals surface area contributed by atoms with E-state index in [0.717, 1.165) is 47.2 Å². The highest BCUT2D eigenvalue weighted by atomic mass is 16.5. The number of aryl methyl sites for hydroxylation is 3. The molecule has 0 bridgehead atoms. The minimum absolute atomic E-state index is 0.139. The number of fused-ring (bicyclic) bond motifs is 3. The summed E-state index contributed by atoms with van der Waals surface area (Å²) in [5, 5.41) is 0.885. The van der Waals surface area contributed by atoms with Crippen molar-refractivity contribution in [1.29, 1.82) is 0 Å². The fraction of sp³-hybridized carbons (Fsp3) is 0.407. The zero-order chi connectivity index (χ0) is 23.4. The number of ether oxygens (including phenoxy) is 2. The smallest absolute Gasteiger partial charge is 0.336 e. The van der Waals surface area contributed by atoms with E-state index >= 15 is 0 Å². The van der Waals surface area contributed by atoms with Crippen LogP contribution in [0.25, 0.3) is 11.0 Å². The lowest BCUT2D eigenvalue weighted by atomic mass is 9.97. The van der Waals surface area contributed by atoms with Gasteiger partial charge in [-0.1, -0.05) is 30.3 Å². The van der Waals surface area contributed by atoms with E-state index in [1.54, 1.807) is 0 Å². The summed E-state index contributed by atoms with van der Waals surface area (Å²) in [6, 6.07) is 13.9. The molecule has 0 atom stereocenters. The molecule has 0 N–H and O–H groups in total. The van der Waals surface area contributed by atoms with Crippen molar-refractivity contribution in [2.75, 3.05) is 13.3 Å². The number of hydrogen-bond acceptors (Lipinski definition) is 6. The van der Waals surface area contributed by atoms with Crippen LogP contribution in [0.2, 0.25) is 0 Å². The van der Waals surface area contributed by atoms with Gasteiger partial charge in [-0.15, -0.1) is 0 Å². The first-order valence-electron chi connectivity index (χ1n) is 11.6. The number of carbonyl (C=O) groups is 1. The van der Waals surface area contributed by atoms with Crippen molar-refractivity contribution in [3.8, 4) is 5.75 Å². The molecule has 4 rings (SSSR count). The zero-order valence-electron chi connectivity index (χ0n) is 19.6. The summed E-state index contributed by atoms with van der Waals surface area (Å²) in [7, 11) is 0. The van der Waals surface area contributed by atoms with Gasteiger partial charge >= 0.3 is 11.6 Å². The third-order valence-electron chi connectivity index (χ3n) is 5.89. The molecule has 6 nitrogen and oxygen atoms in total. The largest absolute Gasteiger partial charge is 0.477 e. The van der Waals surface area contributed by atoms with Crippen LogP contribution in [0.1, 0.15) is 48.9 Å². The van der Waals surface area contributed by atoms with Crippen molar-refractivity contribution in [3.63, 3.8) is 0 Å². The second-order valence-corrected chi connectivity index (χ2v) is 8.92. The van der Waals surface area contributed by atoms with Crippen LogP contribution in [0.4, 0.5) is 0 Å². The highest BCUT2D eigenvalue weighted by Gasteiger charge is 2.25. The molecule has 0 fully saturated rings. The van der Waals surface area contributed by atoms with Gasteiger partial charge in [0.1, 0.15) is 18.1 Å². The molecule has 174 valence electrons. The van der Waals surface area contributed by atoms with E-state index in [0.29, 0.717) is 25.3 Å². The first kappa shape index (κ1) is 23.1. The second kappa shape index (κ2) is 10.2. The summed E-state index contributed by atoms with van der Waals surface area (Å²) in [6.07, 6.45) is 2.65. The van der Waals surface area contributed by atoms with Gasteiger partial charge in [-0.25, -0.2) is 4.79 Å². The van der Waals surface area contributed by atoms with Gasteiger partial charge in [0.25, 0.3) is 0 Å². The van der Waals surface area contributed by atoms with Crippen LogP contribution in [0.15, 0.2) is 51.7 Å². The Kier molecular flexibility index (Phi) is 7.14. The Morgan fingerprint density at radius 3 is 2.70 bits per heavy atom. The van der Waals surface area contributed by atoms with Gasteiger partial charge in [-0.3, -0.25) is 9.69 Å². The van der Waals surface area contributed by atoms with Crippen molar-refractivity contribution in [3.05, 3.63) is 75.1 Å². The standard InChI is InChI=1S/C27H31NO5/c1-18(2)32-24(29)12-11-21-15-22-19(3)14-25(30)33-27(22)23-16-28(17-31-26(21)23)13-7-10-20-8-5-4-6-9-20/h4-6,8-9,14-15,18H,7,10-13,16-17H2,1-3H3. The van der Waals surface area contributed by atoms with Crippen LogP contribution in [-0.4, -0.2) is 30.2 Å². The van der Waals surface area contributed by atoms with Gasteiger partial charge in [0, 0.05) is 31.0 Å². The number of nitrogens with zero attached hydrogens (tertiary/aromatic N) is 1. The zero-order valence-corrected chi connectivity index (χ0v) is 19.6. The van der Waals surface area contributed by atoms with E-state index in [1.807, 2.05) is 32.9 Å². The van der Waals surface area contributed by atoms with Crippen LogP contribution in [0.5, 0.6) is 5.75 Å². The van der Waals surface area contributed by atoms with Gasteiger partial charge < -0.3 is 13.9 Å². The van der Waals surface area contributed by atoms with Crippen LogP contribution in [-0.2, 0) is 28.9 Å². The molecule has 0 radical (unpaired) electrons. The van der Waals surface area contributed by atoms with Crippen molar-refractivity contribution in [2.45, 2.75) is 59.1 Å². The fourth-order valence-corrected chi connectivity index (χ4v) is 4.35. The molecule has 1 aromatic heterocycles. The Morgan fingerprint density at radius 1 is 1.15 bits per heavy atom. The SMILES string of the molecule is Cc1cc(=O)oc2c3c(c(CCC(=O)OC(C)C)cc12)OCN(CCCc1ccccc1)C3. The third-order valence-corrected chi connectivity index (χ3v) is 5.89. The van der Waals surface area contributed by atoms with Crippen molar-refractivity contribution >= 4 is 16.9 Å². The van der Waals surface area contributed by atoms with E-state index in [1.165, 1.54) is 11.6 Å². The average molecular weight is 450 g/mol. The quantitative estimate of drug-likeness (QED) is 0.364. The molecule has 0 spiro atoms. The Bertz CT molecular complexity index is 1180. The van der Waals surface area contributed by atoms with Crippen molar-refractivity contribution in [1.82, 2.24) is 4.90 Å². The van der Waals surface area contributed by atoms with E-state index in [2.05, 4.69) is 29.2 Å². The first-order valence-corrected chi connectivity index (χ1v) is 11.6. The highest BCUT2D eigenvalue weighted by Crippen LogP contribution is 2.37. The maximum Gasteiger partial charge on any atom is 0.336 e. The third kappa shape index (κ3) is 5.63. The van der Waals surface area contributed by atoms with E-state index < -0.39 is 0 Å². The maximum atomic E-state index is 12.1. The monoisotopic (exact) mass is 449 g/mol. The lowest BCUT2D eigenvalue weighted by Gasteiger charge is -2.31. The highest BCUT2D eigenvalue weighted by molar-refractivity contribution is 5.86. The summed E-state index contributed by atoms with van der Waals surface area (Å²) in [5.41, 5.74) is 4.22. The summed E-state index contributed by atoms with van der Waals surface area (Å²) in [5.74, 6) is 0.501. The number of benzene rings is 2. The van der Waals surface area contributed by atoms with Gasteiger partial charge in [0.15, 0.2) is 0 Å². The summed E-state index contributed by atoms with van der Waals surface area (Å²) in [6.45, 7) is 7.57. The lowest BCUT2D eigenvalue weighted by Crippen LogP contribution is -2.33. The molecule has 0 aliphatic carbocycles. The number of hydrogen-bond donors (Lipinski definition) is 0. The van der Waals surface area contributed by atoms with E-state index in [9.17, 15) is 9.59 Å². The molecular weight excluding hydrogens is 418 g/mol. The molecule has 1 aliphatic heterocycles. The minimum atomic E-state index is -0.364. The molecular formula is C27H31NO5. The number of esters is 1. The van der Waals surface area contributed by atoms with Crippen molar-refractivity contribution < 1.29 is 18.7 Å². The minimum Gasteiger partial charge on any atom is -0.477 e. The summed E-state index contributed by atoms with van der Waals surface area (Å²) in [4.78, 5) is 26.5. The number of rotatable bonds is 8. The molecule has 2 heterocycles. The molecule has 0 unspecified atom stereocenters. The molecule has 1 aliphatic rings. The molecule has 0 saturated carbocycles. The van der Waals surface area contributed by atoms with Gasteiger partial charge in [0.05, 0.1) is 11.7 Å². The fourth-order valence-electron chi connectivity index (χ4n) is 4.35. The van der Waals surface area contributed by atoms with Gasteiger partial charge in [0.2, 0.25) is 0 Å². The molecule has 2 aromatic carbocycles. The second-order valence-electron chi connectivity index (χ2n) is 8.92. The molecule has 0 saturated heterocycles. The Balaban J connectivity index is 1.57. The Hall–Kier alpha value is -3.12. The lowest BCUT2D eigenvalue weighted by molar-refractivity contribution is -0.147. The predicted molar refractivity (Wildman–Crippen MR) is 127 cm³/mol. The van der Waals surface area contributed by atoms with Crippen LogP contribution < -0.4 is 10.4 Å². The van der Waals surface area contributed by atoms with E-state index in [-0.39, 0.29) is 24.1 Å². The summed E-state index contributed by atoms with van der Waals surface area (Å²) < 4.78 is 17.1. The van der Waals surface area contributed by atoms with Crippen LogP contribution >= 0.6 is 0 Å². The molecule has 6 heteroatoms. The van der Waals surface area contributed by atoms with Crippen LogP contribution in [0.3, 0.4) is 0 Å². The van der Waals surface area contributed by atoms with Gasteiger partial charge in [-0.05, 0) is 62.8 Å². The summed E-state index contributed by atoms with van der Waals surface area (Å²) >= 11 is 0. The topological polar surface area (TPSA) is 69.0 Å². The van der Waals surface area contributed by atoms with Crippen molar-refractivity contribution in [2.24, 2.45) is 0 Å². The van der Waals surface area contributed by atoms with Crippen LogP contribution in [0, 0.1) is 6.92 Å². The Labute approximate surface area is 194 Å². The molecule has 3 aromatic rings. The van der Waals surface area contributed by atoms with E-state index in [4.69, 9.17) is 13.9 Å². The molecule has 0 amide bonds. The predicted octanol–water partition coefficient (Wildman–Crippen LogP) is 4.77. The Morgan fingerprint density at radius 2 is 1.94 bits per heavy atom.